The number of allylic oxidation sites excluding steroid dienone is 2. The first-order valence-electron chi connectivity index (χ1n) is 7.25. The smallest absolute Gasteiger partial charge is 0.153 e. The van der Waals surface area contributed by atoms with Crippen LogP contribution in [0.4, 0.5) is 8.78 Å². The molecule has 2 atom stereocenters. The summed E-state index contributed by atoms with van der Waals surface area (Å²) in [4.78, 5) is 0. The fourth-order valence-corrected chi connectivity index (χ4v) is 2.71. The molecule has 1 aromatic carbocycles. The van der Waals surface area contributed by atoms with Crippen molar-refractivity contribution in [3.05, 3.63) is 42.0 Å². The first kappa shape index (κ1) is 14.2. The van der Waals surface area contributed by atoms with E-state index in [1.165, 1.54) is 6.08 Å². The van der Waals surface area contributed by atoms with Gasteiger partial charge in [0.15, 0.2) is 6.17 Å². The van der Waals surface area contributed by atoms with Crippen LogP contribution in [0.2, 0.25) is 0 Å². The predicted molar refractivity (Wildman–Crippen MR) is 76.5 cm³/mol. The standard InChI is InChI=1S/C17H22F2/c1-2-3-7-11-17(19)12-10-15(13-16(17)18)14-8-5-4-6-9-14/h4-6,8-9,13,16H,2-3,7,10-12H2,1H3. The summed E-state index contributed by atoms with van der Waals surface area (Å²) in [6, 6.07) is 9.72. The molecule has 1 aromatic rings. The number of halogens is 2. The van der Waals surface area contributed by atoms with Gasteiger partial charge in [0.1, 0.15) is 5.67 Å². The molecule has 0 heterocycles. The van der Waals surface area contributed by atoms with Crippen molar-refractivity contribution < 1.29 is 8.78 Å². The quantitative estimate of drug-likeness (QED) is 0.617. The van der Waals surface area contributed by atoms with E-state index in [-0.39, 0.29) is 0 Å². The summed E-state index contributed by atoms with van der Waals surface area (Å²) in [6.45, 7) is 2.08. The van der Waals surface area contributed by atoms with Gasteiger partial charge in [-0.05, 0) is 36.5 Å². The van der Waals surface area contributed by atoms with Crippen molar-refractivity contribution in [1.29, 1.82) is 0 Å². The maximum atomic E-state index is 14.6. The molecule has 0 spiro atoms. The third kappa shape index (κ3) is 3.43. The molecule has 19 heavy (non-hydrogen) atoms. The fourth-order valence-electron chi connectivity index (χ4n) is 2.71. The Morgan fingerprint density at radius 1 is 1.21 bits per heavy atom. The van der Waals surface area contributed by atoms with Crippen molar-refractivity contribution in [3.63, 3.8) is 0 Å². The van der Waals surface area contributed by atoms with Gasteiger partial charge in [0.05, 0.1) is 0 Å². The molecule has 0 N–H and O–H groups in total. The van der Waals surface area contributed by atoms with Crippen LogP contribution in [-0.2, 0) is 0 Å². The molecule has 1 aliphatic rings. The molecular formula is C17H22F2. The van der Waals surface area contributed by atoms with E-state index in [2.05, 4.69) is 6.92 Å². The minimum Gasteiger partial charge on any atom is -0.240 e. The lowest BCUT2D eigenvalue weighted by Gasteiger charge is -2.32. The Hall–Kier alpha value is -1.18. The highest BCUT2D eigenvalue weighted by atomic mass is 19.2. The molecule has 2 unspecified atom stereocenters. The largest absolute Gasteiger partial charge is 0.240 e. The van der Waals surface area contributed by atoms with Gasteiger partial charge in [0.25, 0.3) is 0 Å². The molecule has 2 heteroatoms. The van der Waals surface area contributed by atoms with E-state index in [4.69, 9.17) is 0 Å². The van der Waals surface area contributed by atoms with E-state index in [0.717, 1.165) is 30.4 Å². The second kappa shape index (κ2) is 6.31. The Kier molecular flexibility index (Phi) is 4.73. The second-order valence-electron chi connectivity index (χ2n) is 5.45. The van der Waals surface area contributed by atoms with Crippen molar-refractivity contribution in [2.45, 2.75) is 57.3 Å². The van der Waals surface area contributed by atoms with E-state index in [1.807, 2.05) is 30.3 Å². The van der Waals surface area contributed by atoms with E-state index in [9.17, 15) is 8.78 Å². The lowest BCUT2D eigenvalue weighted by Crippen LogP contribution is -2.36. The molecule has 0 aromatic heterocycles. The van der Waals surface area contributed by atoms with Gasteiger partial charge in [-0.15, -0.1) is 0 Å². The summed E-state index contributed by atoms with van der Waals surface area (Å²) < 4.78 is 28.7. The van der Waals surface area contributed by atoms with Gasteiger partial charge in [0, 0.05) is 0 Å². The van der Waals surface area contributed by atoms with Crippen LogP contribution in [0.3, 0.4) is 0 Å². The molecule has 2 rings (SSSR count). The van der Waals surface area contributed by atoms with Crippen LogP contribution in [0.5, 0.6) is 0 Å². The van der Waals surface area contributed by atoms with Crippen molar-refractivity contribution in [3.8, 4) is 0 Å². The summed E-state index contributed by atoms with van der Waals surface area (Å²) in [7, 11) is 0. The first-order chi connectivity index (χ1) is 9.15. The molecule has 0 saturated heterocycles. The highest BCUT2D eigenvalue weighted by Crippen LogP contribution is 2.40. The summed E-state index contributed by atoms with van der Waals surface area (Å²) in [6.07, 6.45) is 4.11. The van der Waals surface area contributed by atoms with Crippen LogP contribution < -0.4 is 0 Å². The van der Waals surface area contributed by atoms with Crippen LogP contribution in [-0.4, -0.2) is 11.8 Å². The molecule has 0 aliphatic heterocycles. The van der Waals surface area contributed by atoms with Gasteiger partial charge in [-0.2, -0.15) is 0 Å². The van der Waals surface area contributed by atoms with Crippen LogP contribution >= 0.6 is 0 Å². The lowest BCUT2D eigenvalue weighted by atomic mass is 9.80. The summed E-state index contributed by atoms with van der Waals surface area (Å²) >= 11 is 0. The lowest BCUT2D eigenvalue weighted by molar-refractivity contribution is 0.0524. The number of benzene rings is 1. The zero-order chi connectivity index (χ0) is 13.7. The fraction of sp³-hybridized carbons (Fsp3) is 0.529. The van der Waals surface area contributed by atoms with Gasteiger partial charge in [-0.3, -0.25) is 0 Å². The summed E-state index contributed by atoms with van der Waals surface area (Å²) in [5.74, 6) is 0. The van der Waals surface area contributed by atoms with Crippen LogP contribution in [0.25, 0.3) is 5.57 Å². The zero-order valence-corrected chi connectivity index (χ0v) is 11.5. The number of unbranched alkanes of at least 4 members (excludes halogenated alkanes) is 2. The Morgan fingerprint density at radius 3 is 2.58 bits per heavy atom. The van der Waals surface area contributed by atoms with Crippen molar-refractivity contribution in [1.82, 2.24) is 0 Å². The van der Waals surface area contributed by atoms with Gasteiger partial charge in [-0.1, -0.05) is 56.5 Å². The maximum absolute atomic E-state index is 14.6. The topological polar surface area (TPSA) is 0 Å². The SMILES string of the molecule is CCCCCC1(F)CCC(c2ccccc2)=CC1F. The van der Waals surface area contributed by atoms with E-state index in [1.54, 1.807) is 0 Å². The highest BCUT2D eigenvalue weighted by Gasteiger charge is 2.40. The highest BCUT2D eigenvalue weighted by molar-refractivity contribution is 5.67. The number of hydrogen-bond donors (Lipinski definition) is 0. The Morgan fingerprint density at radius 2 is 1.95 bits per heavy atom. The molecule has 0 saturated carbocycles. The predicted octanol–water partition coefficient (Wildman–Crippen LogP) is 5.49. The second-order valence-corrected chi connectivity index (χ2v) is 5.45. The van der Waals surface area contributed by atoms with E-state index >= 15 is 0 Å². The minimum atomic E-state index is -1.65. The van der Waals surface area contributed by atoms with Crippen molar-refractivity contribution in [2.24, 2.45) is 0 Å². The van der Waals surface area contributed by atoms with Gasteiger partial charge in [0.2, 0.25) is 0 Å². The van der Waals surface area contributed by atoms with Gasteiger partial charge < -0.3 is 0 Å². The third-order valence-corrected chi connectivity index (χ3v) is 3.99. The summed E-state index contributed by atoms with van der Waals surface area (Å²) in [5.41, 5.74) is 0.311. The molecule has 1 aliphatic carbocycles. The number of alkyl halides is 2. The third-order valence-electron chi connectivity index (χ3n) is 3.99. The number of hydrogen-bond acceptors (Lipinski definition) is 0. The van der Waals surface area contributed by atoms with Crippen LogP contribution in [0.1, 0.15) is 51.0 Å². The van der Waals surface area contributed by atoms with Crippen LogP contribution in [0.15, 0.2) is 36.4 Å². The molecule has 0 amide bonds. The van der Waals surface area contributed by atoms with Gasteiger partial charge >= 0.3 is 0 Å². The van der Waals surface area contributed by atoms with Crippen LogP contribution in [0, 0.1) is 0 Å². The molecule has 0 bridgehead atoms. The average Bonchev–Trinajstić information content (AvgIpc) is 2.43. The van der Waals surface area contributed by atoms with E-state index in [0.29, 0.717) is 19.3 Å². The zero-order valence-electron chi connectivity index (χ0n) is 11.5. The first-order valence-corrected chi connectivity index (χ1v) is 7.25. The number of rotatable bonds is 5. The monoisotopic (exact) mass is 264 g/mol. The Balaban J connectivity index is 2.06. The van der Waals surface area contributed by atoms with E-state index < -0.39 is 11.8 Å². The molecular weight excluding hydrogens is 242 g/mol. The minimum absolute atomic E-state index is 0.304. The van der Waals surface area contributed by atoms with Crippen molar-refractivity contribution in [2.75, 3.05) is 0 Å². The molecule has 104 valence electrons. The Bertz CT molecular complexity index is 424. The molecule has 0 fully saturated rings. The Labute approximate surface area is 114 Å². The van der Waals surface area contributed by atoms with Crippen molar-refractivity contribution >= 4 is 5.57 Å². The molecule has 0 nitrogen and oxygen atoms in total. The molecule has 0 radical (unpaired) electrons. The normalized spacial score (nSPS) is 27.1. The van der Waals surface area contributed by atoms with Gasteiger partial charge in [-0.25, -0.2) is 8.78 Å². The maximum Gasteiger partial charge on any atom is 0.153 e. The summed E-state index contributed by atoms with van der Waals surface area (Å²) in [5, 5.41) is 0. The average molecular weight is 264 g/mol.